The number of nitrogens with zero attached hydrogens (tertiary/aromatic N) is 5. The molecule has 2 aromatic heterocycles. The summed E-state index contributed by atoms with van der Waals surface area (Å²) in [7, 11) is 0. The average Bonchev–Trinajstić information content (AvgIpc) is 3.60. The van der Waals surface area contributed by atoms with Gasteiger partial charge in [0, 0.05) is 43.4 Å². The number of nitrogens with one attached hydrogen (secondary N) is 2. The van der Waals surface area contributed by atoms with Crippen molar-refractivity contribution in [3.05, 3.63) is 71.3 Å². The molecule has 36 heavy (non-hydrogen) atoms. The lowest BCUT2D eigenvalue weighted by Crippen LogP contribution is -2.33. The molecule has 0 bridgehead atoms. The molecule has 0 aliphatic carbocycles. The van der Waals surface area contributed by atoms with Crippen LogP contribution in [0.3, 0.4) is 0 Å². The molecule has 0 spiro atoms. The summed E-state index contributed by atoms with van der Waals surface area (Å²) in [5, 5.41) is 0. The summed E-state index contributed by atoms with van der Waals surface area (Å²) in [6.07, 6.45) is 13.0. The maximum atomic E-state index is 13.6. The molecule has 0 radical (unpaired) electrons. The Morgan fingerprint density at radius 3 is 2.25 bits per heavy atom. The van der Waals surface area contributed by atoms with E-state index in [0.29, 0.717) is 13.1 Å². The Hall–Kier alpha value is -2.97. The van der Waals surface area contributed by atoms with Crippen molar-refractivity contribution in [3.63, 3.8) is 0 Å². The van der Waals surface area contributed by atoms with Gasteiger partial charge in [-0.25, -0.2) is 9.97 Å². The van der Waals surface area contributed by atoms with E-state index in [0.717, 1.165) is 43.3 Å². The van der Waals surface area contributed by atoms with Crippen LogP contribution >= 0.6 is 0 Å². The van der Waals surface area contributed by atoms with E-state index >= 15 is 0 Å². The quantitative estimate of drug-likeness (QED) is 0.330. The molecule has 2 N–H and O–H groups in total. The smallest absolute Gasteiger partial charge is 0.254 e. The van der Waals surface area contributed by atoms with E-state index in [9.17, 15) is 4.79 Å². The van der Waals surface area contributed by atoms with E-state index in [4.69, 9.17) is 0 Å². The molecule has 1 amide bonds. The number of unbranched alkanes of at least 4 members (excludes halogenated alkanes) is 1. The third-order valence-corrected chi connectivity index (χ3v) is 6.90. The second-order valence-corrected chi connectivity index (χ2v) is 9.79. The van der Waals surface area contributed by atoms with Gasteiger partial charge in [0.15, 0.2) is 0 Å². The molecule has 194 valence electrons. The number of benzene rings is 1. The number of carbonyl (C=O) groups is 1. The van der Waals surface area contributed by atoms with Crippen LogP contribution in [0.4, 0.5) is 0 Å². The first kappa shape index (κ1) is 26.1. The minimum Gasteiger partial charge on any atom is -0.347 e. The van der Waals surface area contributed by atoms with Gasteiger partial charge in [-0.2, -0.15) is 0 Å². The summed E-state index contributed by atoms with van der Waals surface area (Å²) in [5.41, 5.74) is 3.37. The fraction of sp³-hybridized carbons (Fsp3) is 0.536. The van der Waals surface area contributed by atoms with Gasteiger partial charge >= 0.3 is 0 Å². The maximum Gasteiger partial charge on any atom is 0.254 e. The SMILES string of the molecule is CCCN(CCC)CCCCN1CCc2ccc(C(=O)N(Cc3ncc[nH]3)Cc3ncc[nH]3)cc2C1. The third kappa shape index (κ3) is 7.27. The van der Waals surface area contributed by atoms with Crippen molar-refractivity contribution < 1.29 is 4.79 Å². The molecule has 0 unspecified atom stereocenters. The Labute approximate surface area is 215 Å². The molecule has 1 aromatic carbocycles. The number of aromatic amines is 2. The molecule has 0 saturated carbocycles. The van der Waals surface area contributed by atoms with Crippen molar-refractivity contribution in [1.82, 2.24) is 34.6 Å². The molecular formula is C28H41N7O. The van der Waals surface area contributed by atoms with Crippen molar-refractivity contribution in [3.8, 4) is 0 Å². The summed E-state index contributed by atoms with van der Waals surface area (Å²) < 4.78 is 0. The van der Waals surface area contributed by atoms with Crippen molar-refractivity contribution in [1.29, 1.82) is 0 Å². The largest absolute Gasteiger partial charge is 0.347 e. The lowest BCUT2D eigenvalue weighted by atomic mass is 9.96. The molecule has 0 saturated heterocycles. The predicted molar refractivity (Wildman–Crippen MR) is 142 cm³/mol. The van der Waals surface area contributed by atoms with Crippen molar-refractivity contribution in [2.75, 3.05) is 32.7 Å². The first-order chi connectivity index (χ1) is 17.7. The zero-order valence-corrected chi connectivity index (χ0v) is 21.9. The van der Waals surface area contributed by atoms with Gasteiger partial charge in [-0.1, -0.05) is 19.9 Å². The summed E-state index contributed by atoms with van der Waals surface area (Å²) in [6.45, 7) is 12.1. The fourth-order valence-corrected chi connectivity index (χ4v) is 5.09. The van der Waals surface area contributed by atoms with Gasteiger partial charge in [0.1, 0.15) is 11.6 Å². The Bertz CT molecular complexity index is 1010. The number of carbonyl (C=O) groups excluding carboxylic acids is 1. The number of hydrogen-bond acceptors (Lipinski definition) is 5. The summed E-state index contributed by atoms with van der Waals surface area (Å²) in [6, 6.07) is 6.22. The molecular weight excluding hydrogens is 450 g/mol. The number of fused-ring (bicyclic) bond motifs is 1. The highest BCUT2D eigenvalue weighted by atomic mass is 16.2. The predicted octanol–water partition coefficient (Wildman–Crippen LogP) is 4.24. The molecule has 3 aromatic rings. The zero-order valence-electron chi connectivity index (χ0n) is 21.9. The Kier molecular flexibility index (Phi) is 9.69. The van der Waals surface area contributed by atoms with Crippen LogP contribution in [0, 0.1) is 0 Å². The lowest BCUT2D eigenvalue weighted by molar-refractivity contribution is 0.0721. The molecule has 4 rings (SSSR count). The minimum absolute atomic E-state index is 0.00494. The standard InChI is InChI=1S/C28H41N7O/c1-3-14-33(15-4-2)16-5-6-17-34-18-9-23-7-8-24(19-25(23)20-34)28(36)35(21-26-29-10-11-30-26)22-27-31-12-13-32-27/h7-8,10-13,19H,3-6,9,14-18,20-22H2,1-2H3,(H,29,30)(H,31,32). The molecule has 1 aliphatic heterocycles. The highest BCUT2D eigenvalue weighted by Gasteiger charge is 2.22. The number of H-pyrrole nitrogens is 2. The number of imidazole rings is 2. The van der Waals surface area contributed by atoms with Gasteiger partial charge in [-0.15, -0.1) is 0 Å². The highest BCUT2D eigenvalue weighted by molar-refractivity contribution is 5.94. The highest BCUT2D eigenvalue weighted by Crippen LogP contribution is 2.22. The van der Waals surface area contributed by atoms with E-state index in [1.807, 2.05) is 6.07 Å². The van der Waals surface area contributed by atoms with E-state index in [1.165, 1.54) is 56.4 Å². The molecule has 8 heteroatoms. The number of amides is 1. The molecule has 0 atom stereocenters. The molecule has 0 fully saturated rings. The number of rotatable bonds is 14. The average molecular weight is 492 g/mol. The van der Waals surface area contributed by atoms with Crippen molar-refractivity contribution in [2.24, 2.45) is 0 Å². The molecule has 3 heterocycles. The van der Waals surface area contributed by atoms with E-state index in [2.05, 4.69) is 55.7 Å². The van der Waals surface area contributed by atoms with Gasteiger partial charge in [-0.05, 0) is 81.5 Å². The fourth-order valence-electron chi connectivity index (χ4n) is 5.09. The van der Waals surface area contributed by atoms with E-state index < -0.39 is 0 Å². The van der Waals surface area contributed by atoms with Crippen molar-refractivity contribution >= 4 is 5.91 Å². The summed E-state index contributed by atoms with van der Waals surface area (Å²) in [5.74, 6) is 1.51. The molecule has 8 nitrogen and oxygen atoms in total. The monoisotopic (exact) mass is 491 g/mol. The number of hydrogen-bond donors (Lipinski definition) is 2. The Balaban J connectivity index is 1.36. The Morgan fingerprint density at radius 1 is 0.944 bits per heavy atom. The Morgan fingerprint density at radius 2 is 1.64 bits per heavy atom. The van der Waals surface area contributed by atoms with Crippen LogP contribution in [-0.4, -0.2) is 73.3 Å². The van der Waals surface area contributed by atoms with Gasteiger partial charge in [0.2, 0.25) is 0 Å². The summed E-state index contributed by atoms with van der Waals surface area (Å²) >= 11 is 0. The first-order valence-corrected chi connectivity index (χ1v) is 13.5. The zero-order chi connectivity index (χ0) is 25.2. The first-order valence-electron chi connectivity index (χ1n) is 13.5. The van der Waals surface area contributed by atoms with Crippen LogP contribution in [0.5, 0.6) is 0 Å². The van der Waals surface area contributed by atoms with Gasteiger partial charge in [-0.3, -0.25) is 9.69 Å². The molecule has 1 aliphatic rings. The van der Waals surface area contributed by atoms with E-state index in [-0.39, 0.29) is 5.91 Å². The second-order valence-electron chi connectivity index (χ2n) is 9.79. The maximum absolute atomic E-state index is 13.6. The van der Waals surface area contributed by atoms with Crippen LogP contribution < -0.4 is 0 Å². The van der Waals surface area contributed by atoms with Crippen LogP contribution in [0.15, 0.2) is 43.0 Å². The van der Waals surface area contributed by atoms with Gasteiger partial charge in [0.25, 0.3) is 5.91 Å². The van der Waals surface area contributed by atoms with Crippen LogP contribution in [0.25, 0.3) is 0 Å². The van der Waals surface area contributed by atoms with Crippen molar-refractivity contribution in [2.45, 2.75) is 65.6 Å². The van der Waals surface area contributed by atoms with E-state index in [1.54, 1.807) is 29.7 Å². The minimum atomic E-state index is -0.00494. The van der Waals surface area contributed by atoms with Gasteiger partial charge < -0.3 is 19.8 Å². The normalized spacial score (nSPS) is 13.8. The topological polar surface area (TPSA) is 84.2 Å². The second kappa shape index (κ2) is 13.4. The van der Waals surface area contributed by atoms with Crippen LogP contribution in [0.2, 0.25) is 0 Å². The van der Waals surface area contributed by atoms with Gasteiger partial charge in [0.05, 0.1) is 13.1 Å². The lowest BCUT2D eigenvalue weighted by Gasteiger charge is -2.30. The van der Waals surface area contributed by atoms with Crippen LogP contribution in [0.1, 0.15) is 72.7 Å². The van der Waals surface area contributed by atoms with Crippen LogP contribution in [-0.2, 0) is 26.1 Å². The summed E-state index contributed by atoms with van der Waals surface area (Å²) in [4.78, 5) is 35.4. The number of aromatic nitrogens is 4. The third-order valence-electron chi connectivity index (χ3n) is 6.90.